The number of hydrogen-bond donors (Lipinski definition) is 1. The van der Waals surface area contributed by atoms with Gasteiger partial charge in [0.15, 0.2) is 0 Å². The number of aryl methyl sites for hydroxylation is 1. The van der Waals surface area contributed by atoms with E-state index in [2.05, 4.69) is 51.4 Å². The molecule has 1 N–H and O–H groups in total. The number of benzene rings is 2. The molecule has 1 aliphatic heterocycles. The number of carbonyl (C=O) groups is 1. The van der Waals surface area contributed by atoms with E-state index in [1.807, 2.05) is 36.7 Å². The monoisotopic (exact) mass is 402 g/mol. The van der Waals surface area contributed by atoms with Gasteiger partial charge in [-0.3, -0.25) is 4.79 Å². The number of rotatable bonds is 5. The van der Waals surface area contributed by atoms with Crippen LogP contribution in [-0.2, 0) is 4.79 Å². The molecular formula is C24H26N4O2. The maximum Gasteiger partial charge on any atom is 0.229 e. The lowest BCUT2D eigenvalue weighted by Crippen LogP contribution is -2.41. The quantitative estimate of drug-likeness (QED) is 0.689. The van der Waals surface area contributed by atoms with Crippen LogP contribution >= 0.6 is 0 Å². The lowest BCUT2D eigenvalue weighted by molar-refractivity contribution is -0.120. The largest absolute Gasteiger partial charge is 0.497 e. The molecule has 1 saturated heterocycles. The third-order valence-electron chi connectivity index (χ3n) is 5.46. The number of hydrogen-bond acceptors (Lipinski definition) is 5. The maximum absolute atomic E-state index is 12.8. The van der Waals surface area contributed by atoms with Gasteiger partial charge in [0.2, 0.25) is 11.9 Å². The van der Waals surface area contributed by atoms with Crippen molar-refractivity contribution in [2.45, 2.75) is 19.8 Å². The maximum atomic E-state index is 12.8. The molecule has 30 heavy (non-hydrogen) atoms. The zero-order chi connectivity index (χ0) is 20.9. The zero-order valence-electron chi connectivity index (χ0n) is 17.3. The number of aromatic nitrogens is 2. The van der Waals surface area contributed by atoms with Gasteiger partial charge in [0, 0.05) is 36.7 Å². The summed E-state index contributed by atoms with van der Waals surface area (Å²) in [5.41, 5.74) is 4.09. The second kappa shape index (κ2) is 8.95. The average molecular weight is 402 g/mol. The highest BCUT2D eigenvalue weighted by Crippen LogP contribution is 2.24. The molecule has 154 valence electrons. The standard InChI is InChI=1S/C24H26N4O2/c1-17-5-7-18(8-6-17)20-14-25-24(26-15-20)28-13-3-4-19(16-28)23(29)27-21-9-11-22(30-2)12-10-21/h5-12,14-15,19H,3-4,13,16H2,1-2H3,(H,27,29)/t19-/m0/s1. The summed E-state index contributed by atoms with van der Waals surface area (Å²) < 4.78 is 5.16. The fourth-order valence-corrected chi connectivity index (χ4v) is 3.67. The number of ether oxygens (including phenoxy) is 1. The van der Waals surface area contributed by atoms with Crippen molar-refractivity contribution in [3.63, 3.8) is 0 Å². The first-order valence-electron chi connectivity index (χ1n) is 10.2. The first kappa shape index (κ1) is 19.9. The molecule has 2 heterocycles. The smallest absolute Gasteiger partial charge is 0.229 e. The normalized spacial score (nSPS) is 16.2. The van der Waals surface area contributed by atoms with Gasteiger partial charge in [-0.2, -0.15) is 0 Å². The van der Waals surface area contributed by atoms with Crippen LogP contribution < -0.4 is 15.0 Å². The van der Waals surface area contributed by atoms with Crippen molar-refractivity contribution in [2.75, 3.05) is 30.4 Å². The minimum absolute atomic E-state index is 0.0288. The van der Waals surface area contributed by atoms with Gasteiger partial charge in [0.25, 0.3) is 0 Å². The molecule has 1 fully saturated rings. The van der Waals surface area contributed by atoms with Crippen molar-refractivity contribution in [1.29, 1.82) is 0 Å². The van der Waals surface area contributed by atoms with Crippen LogP contribution in [0.3, 0.4) is 0 Å². The highest BCUT2D eigenvalue weighted by atomic mass is 16.5. The second-order valence-electron chi connectivity index (χ2n) is 7.64. The van der Waals surface area contributed by atoms with Gasteiger partial charge in [-0.15, -0.1) is 0 Å². The summed E-state index contributed by atoms with van der Waals surface area (Å²) in [5.74, 6) is 1.37. The molecule has 1 aromatic heterocycles. The Labute approximate surface area is 176 Å². The first-order chi connectivity index (χ1) is 14.6. The summed E-state index contributed by atoms with van der Waals surface area (Å²) in [5, 5.41) is 3.01. The highest BCUT2D eigenvalue weighted by Gasteiger charge is 2.27. The minimum atomic E-state index is -0.0961. The highest BCUT2D eigenvalue weighted by molar-refractivity contribution is 5.93. The number of amides is 1. The van der Waals surface area contributed by atoms with Crippen LogP contribution in [0.15, 0.2) is 60.9 Å². The van der Waals surface area contributed by atoms with Crippen molar-refractivity contribution in [3.8, 4) is 16.9 Å². The molecule has 1 atom stereocenters. The molecule has 0 radical (unpaired) electrons. The van der Waals surface area contributed by atoms with E-state index < -0.39 is 0 Å². The van der Waals surface area contributed by atoms with Gasteiger partial charge in [-0.1, -0.05) is 29.8 Å². The van der Waals surface area contributed by atoms with Crippen LogP contribution in [0, 0.1) is 12.8 Å². The van der Waals surface area contributed by atoms with E-state index in [4.69, 9.17) is 4.74 Å². The average Bonchev–Trinajstić information content (AvgIpc) is 2.80. The Balaban J connectivity index is 1.40. The van der Waals surface area contributed by atoms with Crippen LogP contribution in [-0.4, -0.2) is 36.1 Å². The van der Waals surface area contributed by atoms with E-state index >= 15 is 0 Å². The molecule has 3 aromatic rings. The number of methoxy groups -OCH3 is 1. The van der Waals surface area contributed by atoms with E-state index in [1.165, 1.54) is 5.56 Å². The number of piperidine rings is 1. The Morgan fingerprint density at radius 2 is 1.73 bits per heavy atom. The summed E-state index contributed by atoms with van der Waals surface area (Å²) in [6.45, 7) is 3.54. The molecule has 0 saturated carbocycles. The van der Waals surface area contributed by atoms with Crippen molar-refractivity contribution >= 4 is 17.5 Å². The molecular weight excluding hydrogens is 376 g/mol. The number of nitrogens with zero attached hydrogens (tertiary/aromatic N) is 3. The number of nitrogens with one attached hydrogen (secondary N) is 1. The van der Waals surface area contributed by atoms with Crippen molar-refractivity contribution in [1.82, 2.24) is 9.97 Å². The fourth-order valence-electron chi connectivity index (χ4n) is 3.67. The number of carbonyl (C=O) groups excluding carboxylic acids is 1. The molecule has 0 bridgehead atoms. The number of anilines is 2. The van der Waals surface area contributed by atoms with Crippen LogP contribution in [0.2, 0.25) is 0 Å². The lowest BCUT2D eigenvalue weighted by Gasteiger charge is -2.32. The second-order valence-corrected chi connectivity index (χ2v) is 7.64. The van der Waals surface area contributed by atoms with E-state index in [0.717, 1.165) is 42.0 Å². The predicted molar refractivity (Wildman–Crippen MR) is 119 cm³/mol. The van der Waals surface area contributed by atoms with Crippen molar-refractivity contribution in [3.05, 3.63) is 66.5 Å². The van der Waals surface area contributed by atoms with Crippen LogP contribution in [0.25, 0.3) is 11.1 Å². The summed E-state index contributed by atoms with van der Waals surface area (Å²) in [6.07, 6.45) is 5.51. The van der Waals surface area contributed by atoms with E-state index in [9.17, 15) is 4.79 Å². The van der Waals surface area contributed by atoms with Crippen LogP contribution in [0.1, 0.15) is 18.4 Å². The minimum Gasteiger partial charge on any atom is -0.497 e. The lowest BCUT2D eigenvalue weighted by atomic mass is 9.97. The van der Waals surface area contributed by atoms with E-state index in [1.54, 1.807) is 7.11 Å². The van der Waals surface area contributed by atoms with Gasteiger partial charge in [0.05, 0.1) is 13.0 Å². The van der Waals surface area contributed by atoms with Crippen molar-refractivity contribution < 1.29 is 9.53 Å². The first-order valence-corrected chi connectivity index (χ1v) is 10.2. The third kappa shape index (κ3) is 4.59. The summed E-state index contributed by atoms with van der Waals surface area (Å²) in [7, 11) is 1.62. The zero-order valence-corrected chi connectivity index (χ0v) is 17.3. The third-order valence-corrected chi connectivity index (χ3v) is 5.46. The van der Waals surface area contributed by atoms with E-state index in [0.29, 0.717) is 12.5 Å². The summed E-state index contributed by atoms with van der Waals surface area (Å²) in [6, 6.07) is 15.7. The molecule has 0 spiro atoms. The molecule has 0 aliphatic carbocycles. The molecule has 0 unspecified atom stereocenters. The Bertz CT molecular complexity index is 985. The Morgan fingerprint density at radius 3 is 2.40 bits per heavy atom. The van der Waals surface area contributed by atoms with Crippen LogP contribution in [0.4, 0.5) is 11.6 Å². The molecule has 4 rings (SSSR count). The Morgan fingerprint density at radius 1 is 1.03 bits per heavy atom. The fraction of sp³-hybridized carbons (Fsp3) is 0.292. The van der Waals surface area contributed by atoms with Gasteiger partial charge in [-0.05, 0) is 49.6 Å². The summed E-state index contributed by atoms with van der Waals surface area (Å²) in [4.78, 5) is 24.0. The van der Waals surface area contributed by atoms with E-state index in [-0.39, 0.29) is 11.8 Å². The van der Waals surface area contributed by atoms with Gasteiger partial charge >= 0.3 is 0 Å². The molecule has 1 aliphatic rings. The van der Waals surface area contributed by atoms with Crippen molar-refractivity contribution in [2.24, 2.45) is 5.92 Å². The molecule has 6 heteroatoms. The summed E-state index contributed by atoms with van der Waals surface area (Å²) >= 11 is 0. The molecule has 1 amide bonds. The topological polar surface area (TPSA) is 67.3 Å². The van der Waals surface area contributed by atoms with Gasteiger partial charge in [0.1, 0.15) is 5.75 Å². The molecule has 6 nitrogen and oxygen atoms in total. The van der Waals surface area contributed by atoms with Crippen LogP contribution in [0.5, 0.6) is 5.75 Å². The predicted octanol–water partition coefficient (Wildman–Crippen LogP) is 4.32. The Kier molecular flexibility index (Phi) is 5.93. The molecule has 2 aromatic carbocycles. The Hall–Kier alpha value is -3.41. The SMILES string of the molecule is COc1ccc(NC(=O)[C@H]2CCCN(c3ncc(-c4ccc(C)cc4)cn3)C2)cc1. The van der Waals surface area contributed by atoms with Gasteiger partial charge in [-0.25, -0.2) is 9.97 Å². The van der Waals surface area contributed by atoms with Gasteiger partial charge < -0.3 is 15.0 Å².